The van der Waals surface area contributed by atoms with E-state index in [1.807, 2.05) is 32.0 Å². The fourth-order valence-corrected chi connectivity index (χ4v) is 3.24. The summed E-state index contributed by atoms with van der Waals surface area (Å²) in [5.41, 5.74) is 5.73. The predicted octanol–water partition coefficient (Wildman–Crippen LogP) is 5.27. The minimum atomic E-state index is -0.462. The van der Waals surface area contributed by atoms with Crippen LogP contribution in [-0.2, 0) is 4.79 Å². The summed E-state index contributed by atoms with van der Waals surface area (Å²) in [6, 6.07) is 19.5. The van der Waals surface area contributed by atoms with Gasteiger partial charge in [0.25, 0.3) is 5.91 Å². The van der Waals surface area contributed by atoms with Crippen LogP contribution < -0.4 is 19.6 Å². The zero-order chi connectivity index (χ0) is 25.2. The third-order valence-corrected chi connectivity index (χ3v) is 5.04. The van der Waals surface area contributed by atoms with Gasteiger partial charge in [-0.3, -0.25) is 4.79 Å². The number of nitrogens with zero attached hydrogens (tertiary/aromatic N) is 1. The van der Waals surface area contributed by atoms with Gasteiger partial charge in [-0.1, -0.05) is 26.0 Å². The maximum absolute atomic E-state index is 12.3. The lowest BCUT2D eigenvalue weighted by Crippen LogP contribution is -2.25. The third-order valence-electron chi connectivity index (χ3n) is 5.04. The Labute approximate surface area is 205 Å². The summed E-state index contributed by atoms with van der Waals surface area (Å²) in [6.07, 6.45) is 1.50. The topological polar surface area (TPSA) is 86.2 Å². The molecule has 0 radical (unpaired) electrons. The van der Waals surface area contributed by atoms with Gasteiger partial charge in [0.1, 0.15) is 17.2 Å². The van der Waals surface area contributed by atoms with Crippen LogP contribution >= 0.6 is 0 Å². The first-order valence-corrected chi connectivity index (χ1v) is 11.5. The molecular formula is C28H30N2O5. The van der Waals surface area contributed by atoms with Crippen molar-refractivity contribution in [2.45, 2.75) is 33.6 Å². The lowest BCUT2D eigenvalue weighted by Gasteiger charge is -2.14. The molecule has 7 nitrogen and oxygen atoms in total. The highest BCUT2D eigenvalue weighted by atomic mass is 16.5. The van der Waals surface area contributed by atoms with Gasteiger partial charge < -0.3 is 14.2 Å². The van der Waals surface area contributed by atoms with Crippen molar-refractivity contribution in [1.82, 2.24) is 5.43 Å². The second-order valence-corrected chi connectivity index (χ2v) is 8.19. The largest absolute Gasteiger partial charge is 0.494 e. The standard InChI is InChI=1S/C28H30N2O5/c1-5-33-23-13-9-22(10-14-23)28(32)35-24-11-7-21(8-12-24)17-29-30-27(31)18-34-26-16-20(4)6-15-25(26)19(2)3/h6-17,19H,5,18H2,1-4H3,(H,30,31)/b29-17+. The van der Waals surface area contributed by atoms with Gasteiger partial charge >= 0.3 is 5.97 Å². The molecule has 0 aliphatic heterocycles. The van der Waals surface area contributed by atoms with Crippen molar-refractivity contribution in [2.24, 2.45) is 5.10 Å². The van der Waals surface area contributed by atoms with Gasteiger partial charge in [0.05, 0.1) is 18.4 Å². The highest BCUT2D eigenvalue weighted by Crippen LogP contribution is 2.27. The number of nitrogens with one attached hydrogen (secondary N) is 1. The normalized spacial score (nSPS) is 10.9. The van der Waals surface area contributed by atoms with E-state index in [2.05, 4.69) is 24.4 Å². The number of aryl methyl sites for hydroxylation is 1. The molecule has 0 aromatic heterocycles. The van der Waals surface area contributed by atoms with Gasteiger partial charge in [0.2, 0.25) is 0 Å². The summed E-state index contributed by atoms with van der Waals surface area (Å²) in [6.45, 7) is 8.45. The number of carbonyl (C=O) groups is 2. The molecule has 182 valence electrons. The molecule has 0 spiro atoms. The summed E-state index contributed by atoms with van der Waals surface area (Å²) in [5, 5.41) is 3.97. The molecule has 3 rings (SSSR count). The smallest absolute Gasteiger partial charge is 0.343 e. The zero-order valence-corrected chi connectivity index (χ0v) is 20.4. The molecule has 0 saturated heterocycles. The number of ether oxygens (including phenoxy) is 3. The molecule has 0 bridgehead atoms. The first-order valence-electron chi connectivity index (χ1n) is 11.5. The molecule has 0 heterocycles. The van der Waals surface area contributed by atoms with Crippen molar-refractivity contribution < 1.29 is 23.8 Å². The van der Waals surface area contributed by atoms with Crippen LogP contribution in [0.15, 0.2) is 71.8 Å². The molecule has 0 aliphatic rings. The predicted molar refractivity (Wildman–Crippen MR) is 136 cm³/mol. The van der Waals surface area contributed by atoms with Crippen LogP contribution in [0.1, 0.15) is 53.7 Å². The van der Waals surface area contributed by atoms with E-state index < -0.39 is 5.97 Å². The molecular weight excluding hydrogens is 444 g/mol. The quantitative estimate of drug-likeness (QED) is 0.187. The average Bonchev–Trinajstić information content (AvgIpc) is 2.84. The summed E-state index contributed by atoms with van der Waals surface area (Å²) < 4.78 is 16.5. The number of hydrogen-bond acceptors (Lipinski definition) is 6. The molecule has 1 amide bonds. The molecule has 35 heavy (non-hydrogen) atoms. The maximum atomic E-state index is 12.3. The highest BCUT2D eigenvalue weighted by molar-refractivity contribution is 5.91. The van der Waals surface area contributed by atoms with Crippen molar-refractivity contribution in [1.29, 1.82) is 0 Å². The molecule has 7 heteroatoms. The molecule has 0 atom stereocenters. The van der Waals surface area contributed by atoms with Crippen LogP contribution in [0.2, 0.25) is 0 Å². The number of hydrogen-bond donors (Lipinski definition) is 1. The van der Waals surface area contributed by atoms with E-state index in [0.717, 1.165) is 16.7 Å². The van der Waals surface area contributed by atoms with E-state index in [9.17, 15) is 9.59 Å². The molecule has 0 aliphatic carbocycles. The summed E-state index contributed by atoms with van der Waals surface area (Å²) in [7, 11) is 0. The van der Waals surface area contributed by atoms with Gasteiger partial charge in [-0.25, -0.2) is 10.2 Å². The summed E-state index contributed by atoms with van der Waals surface area (Å²) in [4.78, 5) is 24.4. The Kier molecular flexibility index (Phi) is 9.01. The molecule has 0 saturated carbocycles. The van der Waals surface area contributed by atoms with E-state index in [1.165, 1.54) is 6.21 Å². The van der Waals surface area contributed by atoms with Gasteiger partial charge in [-0.05, 0) is 91.1 Å². The number of carbonyl (C=O) groups excluding carboxylic acids is 2. The van der Waals surface area contributed by atoms with E-state index in [1.54, 1.807) is 48.5 Å². The first kappa shape index (κ1) is 25.5. The van der Waals surface area contributed by atoms with E-state index in [0.29, 0.717) is 29.4 Å². The molecule has 3 aromatic carbocycles. The van der Waals surface area contributed by atoms with E-state index >= 15 is 0 Å². The van der Waals surface area contributed by atoms with Gasteiger partial charge in [-0.15, -0.1) is 0 Å². The van der Waals surface area contributed by atoms with Crippen molar-refractivity contribution in [3.63, 3.8) is 0 Å². The van der Waals surface area contributed by atoms with Crippen LogP contribution in [0, 0.1) is 6.92 Å². The minimum absolute atomic E-state index is 0.138. The van der Waals surface area contributed by atoms with Gasteiger partial charge in [0.15, 0.2) is 6.61 Å². The number of hydrazone groups is 1. The van der Waals surface area contributed by atoms with Crippen molar-refractivity contribution in [3.8, 4) is 17.2 Å². The Balaban J connectivity index is 1.48. The Morgan fingerprint density at radius 2 is 1.63 bits per heavy atom. The number of rotatable bonds is 10. The van der Waals surface area contributed by atoms with Crippen molar-refractivity contribution >= 4 is 18.1 Å². The van der Waals surface area contributed by atoms with Gasteiger partial charge in [-0.2, -0.15) is 5.10 Å². The fraction of sp³-hybridized carbons (Fsp3) is 0.250. The Morgan fingerprint density at radius 3 is 2.29 bits per heavy atom. The second kappa shape index (κ2) is 12.4. The average molecular weight is 475 g/mol. The Bertz CT molecular complexity index is 1170. The number of benzene rings is 3. The second-order valence-electron chi connectivity index (χ2n) is 8.19. The van der Waals surface area contributed by atoms with Crippen molar-refractivity contribution in [3.05, 3.63) is 89.0 Å². The van der Waals surface area contributed by atoms with Crippen LogP contribution in [0.3, 0.4) is 0 Å². The third kappa shape index (κ3) is 7.71. The fourth-order valence-electron chi connectivity index (χ4n) is 3.24. The lowest BCUT2D eigenvalue weighted by molar-refractivity contribution is -0.123. The number of esters is 1. The molecule has 1 N–H and O–H groups in total. The summed E-state index contributed by atoms with van der Waals surface area (Å²) in [5.74, 6) is 1.26. The first-order chi connectivity index (χ1) is 16.9. The monoisotopic (exact) mass is 474 g/mol. The van der Waals surface area contributed by atoms with E-state index in [4.69, 9.17) is 14.2 Å². The summed E-state index contributed by atoms with van der Waals surface area (Å²) >= 11 is 0. The lowest BCUT2D eigenvalue weighted by atomic mass is 10.0. The van der Waals surface area contributed by atoms with Crippen LogP contribution in [-0.4, -0.2) is 31.3 Å². The SMILES string of the molecule is CCOc1ccc(C(=O)Oc2ccc(/C=N/NC(=O)COc3cc(C)ccc3C(C)C)cc2)cc1. The highest BCUT2D eigenvalue weighted by Gasteiger charge is 2.11. The molecule has 0 fully saturated rings. The molecule has 0 unspecified atom stereocenters. The zero-order valence-electron chi connectivity index (χ0n) is 20.4. The van der Waals surface area contributed by atoms with Crippen LogP contribution in [0.5, 0.6) is 17.2 Å². The van der Waals surface area contributed by atoms with Gasteiger partial charge in [0, 0.05) is 0 Å². The van der Waals surface area contributed by atoms with E-state index in [-0.39, 0.29) is 18.4 Å². The molecule has 3 aromatic rings. The Hall–Kier alpha value is -4.13. The van der Waals surface area contributed by atoms with Crippen molar-refractivity contribution in [2.75, 3.05) is 13.2 Å². The van der Waals surface area contributed by atoms with Crippen LogP contribution in [0.25, 0.3) is 0 Å². The minimum Gasteiger partial charge on any atom is -0.494 e. The number of amides is 1. The van der Waals surface area contributed by atoms with Crippen LogP contribution in [0.4, 0.5) is 0 Å². The Morgan fingerprint density at radius 1 is 0.943 bits per heavy atom. The maximum Gasteiger partial charge on any atom is 0.343 e.